The average Bonchev–Trinajstić information content (AvgIpc) is 2.82. The molecule has 2 aromatic carbocycles. The smallest absolute Gasteiger partial charge is 0.328 e. The van der Waals surface area contributed by atoms with Crippen molar-refractivity contribution in [2.45, 2.75) is 32.1 Å². The average molecular weight is 503 g/mol. The quantitative estimate of drug-likeness (QED) is 0.500. The first-order valence-electron chi connectivity index (χ1n) is 11.2. The molecule has 1 heterocycles. The summed E-state index contributed by atoms with van der Waals surface area (Å²) < 4.78 is 27.2. The Balaban J connectivity index is 0.000000466. The molecule has 1 amide bonds. The summed E-state index contributed by atoms with van der Waals surface area (Å²) in [6, 6.07) is 15.9. The summed E-state index contributed by atoms with van der Waals surface area (Å²) in [6.07, 6.45) is 1.68. The number of benzene rings is 2. The van der Waals surface area contributed by atoms with E-state index in [1.807, 2.05) is 30.3 Å². The van der Waals surface area contributed by atoms with Gasteiger partial charge in [0.25, 0.3) is 5.91 Å². The van der Waals surface area contributed by atoms with Gasteiger partial charge >= 0.3 is 11.9 Å². The molecule has 3 rings (SSSR count). The van der Waals surface area contributed by atoms with E-state index in [9.17, 15) is 22.8 Å². The topological polar surface area (TPSA) is 132 Å². The van der Waals surface area contributed by atoms with Crippen molar-refractivity contribution < 1.29 is 33.0 Å². The maximum Gasteiger partial charge on any atom is 0.328 e. The lowest BCUT2D eigenvalue weighted by molar-refractivity contribution is -0.134. The van der Waals surface area contributed by atoms with Crippen LogP contribution in [0, 0.1) is 0 Å². The molecule has 10 heteroatoms. The standard InChI is InChI=1S/C21H26N2O3S.C4H4O4/c1-3-22(4-2)15-14-20(17-10-6-5-7-11-17)23-21(24)19-13-9-8-12-18(19)16-27(23,25)26;5-3(6)1-2-4(7)8/h5-13,20H,3-4,14-16H2,1-2H3;1-2H,(H,5,6)(H,7,8)/b;2-1+. The second kappa shape index (κ2) is 12.8. The maximum atomic E-state index is 13.2. The number of aliphatic carboxylic acids is 2. The van der Waals surface area contributed by atoms with E-state index in [1.165, 1.54) is 0 Å². The van der Waals surface area contributed by atoms with E-state index in [0.717, 1.165) is 29.5 Å². The fraction of sp³-hybridized carbons (Fsp3) is 0.320. The number of fused-ring (bicyclic) bond motifs is 1. The molecule has 0 bridgehead atoms. The summed E-state index contributed by atoms with van der Waals surface area (Å²) >= 11 is 0. The first-order chi connectivity index (χ1) is 16.6. The molecule has 188 valence electrons. The molecule has 2 aromatic rings. The Bertz CT molecular complexity index is 1140. The molecule has 1 atom stereocenters. The lowest BCUT2D eigenvalue weighted by Crippen LogP contribution is -2.45. The molecular weight excluding hydrogens is 472 g/mol. The van der Waals surface area contributed by atoms with Crippen LogP contribution in [-0.4, -0.2) is 65.3 Å². The van der Waals surface area contributed by atoms with Gasteiger partial charge < -0.3 is 15.1 Å². The second-order valence-electron chi connectivity index (χ2n) is 7.77. The number of hydrogen-bond acceptors (Lipinski definition) is 6. The van der Waals surface area contributed by atoms with Crippen LogP contribution in [0.4, 0.5) is 0 Å². The van der Waals surface area contributed by atoms with Crippen molar-refractivity contribution in [1.29, 1.82) is 0 Å². The normalized spacial score (nSPS) is 15.3. The lowest BCUT2D eigenvalue weighted by Gasteiger charge is -2.36. The number of carboxylic acid groups (broad SMARTS) is 2. The summed E-state index contributed by atoms with van der Waals surface area (Å²) in [5.41, 5.74) is 1.91. The van der Waals surface area contributed by atoms with E-state index >= 15 is 0 Å². The molecule has 0 fully saturated rings. The first-order valence-corrected chi connectivity index (χ1v) is 12.8. The van der Waals surface area contributed by atoms with Crippen molar-refractivity contribution in [1.82, 2.24) is 9.21 Å². The molecular formula is C25H30N2O7S. The molecule has 0 aromatic heterocycles. The van der Waals surface area contributed by atoms with E-state index in [1.54, 1.807) is 24.3 Å². The number of carbonyl (C=O) groups excluding carboxylic acids is 1. The summed E-state index contributed by atoms with van der Waals surface area (Å²) in [6.45, 7) is 6.68. The van der Waals surface area contributed by atoms with Gasteiger partial charge in [0.1, 0.15) is 0 Å². The van der Waals surface area contributed by atoms with Gasteiger partial charge in [-0.05, 0) is 36.7 Å². The highest BCUT2D eigenvalue weighted by atomic mass is 32.2. The van der Waals surface area contributed by atoms with Crippen LogP contribution in [0.1, 0.15) is 47.8 Å². The Kier molecular flexibility index (Phi) is 10.2. The van der Waals surface area contributed by atoms with E-state index in [-0.39, 0.29) is 5.75 Å². The van der Waals surface area contributed by atoms with Crippen molar-refractivity contribution in [2.75, 3.05) is 19.6 Å². The highest BCUT2D eigenvalue weighted by molar-refractivity contribution is 7.89. The predicted molar refractivity (Wildman–Crippen MR) is 131 cm³/mol. The molecule has 0 aliphatic carbocycles. The predicted octanol–water partition coefficient (Wildman–Crippen LogP) is 3.16. The zero-order valence-electron chi connectivity index (χ0n) is 19.7. The zero-order valence-corrected chi connectivity index (χ0v) is 20.5. The molecule has 1 unspecified atom stereocenters. The van der Waals surface area contributed by atoms with Crippen LogP contribution >= 0.6 is 0 Å². The van der Waals surface area contributed by atoms with Crippen molar-refractivity contribution in [3.63, 3.8) is 0 Å². The van der Waals surface area contributed by atoms with Gasteiger partial charge in [-0.25, -0.2) is 22.3 Å². The third kappa shape index (κ3) is 7.76. The third-order valence-corrected chi connectivity index (χ3v) is 7.23. The van der Waals surface area contributed by atoms with Gasteiger partial charge in [0.2, 0.25) is 10.0 Å². The Morgan fingerprint density at radius 2 is 1.51 bits per heavy atom. The number of hydrogen-bond donors (Lipinski definition) is 2. The minimum atomic E-state index is -3.73. The van der Waals surface area contributed by atoms with E-state index in [0.29, 0.717) is 29.7 Å². The van der Waals surface area contributed by atoms with Crippen LogP contribution in [-0.2, 0) is 25.4 Å². The lowest BCUT2D eigenvalue weighted by atomic mass is 10.0. The maximum absolute atomic E-state index is 13.2. The fourth-order valence-electron chi connectivity index (χ4n) is 3.78. The number of rotatable bonds is 9. The van der Waals surface area contributed by atoms with Crippen molar-refractivity contribution in [3.8, 4) is 0 Å². The number of amides is 1. The molecule has 1 aliphatic rings. The van der Waals surface area contributed by atoms with Gasteiger partial charge in [0.05, 0.1) is 11.8 Å². The number of nitrogens with zero attached hydrogens (tertiary/aromatic N) is 2. The Hall–Kier alpha value is -3.50. The van der Waals surface area contributed by atoms with Crippen LogP contribution in [0.2, 0.25) is 0 Å². The monoisotopic (exact) mass is 502 g/mol. The highest BCUT2D eigenvalue weighted by Crippen LogP contribution is 2.34. The molecule has 0 spiro atoms. The van der Waals surface area contributed by atoms with Crippen LogP contribution in [0.15, 0.2) is 66.7 Å². The van der Waals surface area contributed by atoms with Crippen molar-refractivity contribution >= 4 is 27.9 Å². The van der Waals surface area contributed by atoms with Gasteiger partial charge in [0.15, 0.2) is 0 Å². The largest absolute Gasteiger partial charge is 0.478 e. The first kappa shape index (κ1) is 27.7. The summed E-state index contributed by atoms with van der Waals surface area (Å²) in [7, 11) is -3.73. The van der Waals surface area contributed by atoms with Crippen molar-refractivity contribution in [2.24, 2.45) is 0 Å². The molecule has 0 saturated carbocycles. The Morgan fingerprint density at radius 1 is 0.971 bits per heavy atom. The van der Waals surface area contributed by atoms with Gasteiger partial charge in [-0.1, -0.05) is 62.4 Å². The minimum absolute atomic E-state index is 0.135. The SMILES string of the molecule is CCN(CC)CCC(c1ccccc1)N1C(=O)c2ccccc2CS1(=O)=O.O=C(O)/C=C/C(=O)O. The van der Waals surface area contributed by atoms with E-state index in [2.05, 4.69) is 18.7 Å². The van der Waals surface area contributed by atoms with Crippen LogP contribution in [0.25, 0.3) is 0 Å². The van der Waals surface area contributed by atoms with Gasteiger partial charge in [-0.15, -0.1) is 0 Å². The molecule has 1 aliphatic heterocycles. The highest BCUT2D eigenvalue weighted by Gasteiger charge is 2.40. The Labute approximate surface area is 205 Å². The zero-order chi connectivity index (χ0) is 26.0. The summed E-state index contributed by atoms with van der Waals surface area (Å²) in [5, 5.41) is 15.6. The van der Waals surface area contributed by atoms with Crippen molar-refractivity contribution in [3.05, 3.63) is 83.4 Å². The number of carbonyl (C=O) groups is 3. The molecule has 2 N–H and O–H groups in total. The molecule has 9 nitrogen and oxygen atoms in total. The molecule has 35 heavy (non-hydrogen) atoms. The van der Waals surface area contributed by atoms with Crippen LogP contribution in [0.3, 0.4) is 0 Å². The molecule has 0 radical (unpaired) electrons. The number of sulfonamides is 1. The van der Waals surface area contributed by atoms with Crippen LogP contribution < -0.4 is 0 Å². The van der Waals surface area contributed by atoms with Gasteiger partial charge in [-0.2, -0.15) is 0 Å². The Morgan fingerprint density at radius 3 is 2.06 bits per heavy atom. The molecule has 0 saturated heterocycles. The van der Waals surface area contributed by atoms with Gasteiger partial charge in [0, 0.05) is 24.3 Å². The number of carboxylic acids is 2. The summed E-state index contributed by atoms with van der Waals surface area (Å²) in [4.78, 5) is 34.5. The third-order valence-electron chi connectivity index (χ3n) is 5.53. The van der Waals surface area contributed by atoms with Crippen LogP contribution in [0.5, 0.6) is 0 Å². The fourth-order valence-corrected chi connectivity index (χ4v) is 5.53. The second-order valence-corrected chi connectivity index (χ2v) is 9.61. The minimum Gasteiger partial charge on any atom is -0.478 e. The van der Waals surface area contributed by atoms with E-state index in [4.69, 9.17) is 10.2 Å². The van der Waals surface area contributed by atoms with Gasteiger partial charge in [-0.3, -0.25) is 4.79 Å². The summed E-state index contributed by atoms with van der Waals surface area (Å²) in [5.74, 6) is -3.08. The van der Waals surface area contributed by atoms with E-state index < -0.39 is 33.9 Å².